The van der Waals surface area contributed by atoms with E-state index in [1.807, 2.05) is 0 Å². The minimum absolute atomic E-state index is 0.0900. The third-order valence-electron chi connectivity index (χ3n) is 2.88. The third-order valence-corrected chi connectivity index (χ3v) is 2.88. The van der Waals surface area contributed by atoms with Crippen molar-refractivity contribution < 1.29 is 9.53 Å². The summed E-state index contributed by atoms with van der Waals surface area (Å²) in [6.07, 6.45) is 7.34. The van der Waals surface area contributed by atoms with Crippen molar-refractivity contribution in [1.29, 1.82) is 0 Å². The van der Waals surface area contributed by atoms with Gasteiger partial charge >= 0.3 is 5.97 Å². The van der Waals surface area contributed by atoms with Gasteiger partial charge in [-0.2, -0.15) is 0 Å². The van der Waals surface area contributed by atoms with Crippen LogP contribution in [0.4, 0.5) is 0 Å². The minimum Gasteiger partial charge on any atom is -0.466 e. The van der Waals surface area contributed by atoms with Gasteiger partial charge in [-0.15, -0.1) is 0 Å². The fourth-order valence-electron chi connectivity index (χ4n) is 1.58. The number of ether oxygens (including phenoxy) is 1. The molecule has 0 aliphatic carbocycles. The SMILES string of the molecule is CCCCCCCOC(=O)CC(CC)CN. The topological polar surface area (TPSA) is 52.3 Å². The Kier molecular flexibility index (Phi) is 10.5. The highest BCUT2D eigenvalue weighted by Gasteiger charge is 2.10. The molecule has 0 fully saturated rings. The number of unbranched alkanes of at least 4 members (excludes halogenated alkanes) is 4. The van der Waals surface area contributed by atoms with Crippen LogP contribution in [0, 0.1) is 5.92 Å². The molecule has 3 nitrogen and oxygen atoms in total. The van der Waals surface area contributed by atoms with Crippen molar-refractivity contribution in [3.8, 4) is 0 Å². The van der Waals surface area contributed by atoms with E-state index in [-0.39, 0.29) is 11.9 Å². The summed E-state index contributed by atoms with van der Waals surface area (Å²) in [5.41, 5.74) is 5.53. The van der Waals surface area contributed by atoms with Gasteiger partial charge in [0.05, 0.1) is 6.61 Å². The van der Waals surface area contributed by atoms with E-state index in [1.165, 1.54) is 19.3 Å². The monoisotopic (exact) mass is 229 g/mol. The lowest BCUT2D eigenvalue weighted by Gasteiger charge is -2.11. The normalized spacial score (nSPS) is 12.4. The second kappa shape index (κ2) is 10.9. The molecule has 0 aliphatic rings. The number of esters is 1. The molecule has 0 aromatic rings. The molecule has 0 aromatic heterocycles. The van der Waals surface area contributed by atoms with Crippen LogP contribution >= 0.6 is 0 Å². The Morgan fingerprint density at radius 2 is 1.88 bits per heavy atom. The molecule has 1 atom stereocenters. The highest BCUT2D eigenvalue weighted by Crippen LogP contribution is 2.08. The summed E-state index contributed by atoms with van der Waals surface area (Å²) in [7, 11) is 0. The zero-order chi connectivity index (χ0) is 12.2. The molecule has 0 radical (unpaired) electrons. The van der Waals surface area contributed by atoms with Crippen molar-refractivity contribution in [3.05, 3.63) is 0 Å². The summed E-state index contributed by atoms with van der Waals surface area (Å²) >= 11 is 0. The van der Waals surface area contributed by atoms with Gasteiger partial charge in [-0.1, -0.05) is 46.0 Å². The molecular weight excluding hydrogens is 202 g/mol. The molecule has 0 aliphatic heterocycles. The molecule has 2 N–H and O–H groups in total. The van der Waals surface area contributed by atoms with Gasteiger partial charge in [0.1, 0.15) is 0 Å². The van der Waals surface area contributed by atoms with Gasteiger partial charge < -0.3 is 10.5 Å². The van der Waals surface area contributed by atoms with E-state index in [0.29, 0.717) is 19.6 Å². The predicted molar refractivity (Wildman–Crippen MR) is 67.2 cm³/mol. The second-order valence-corrected chi connectivity index (χ2v) is 4.35. The van der Waals surface area contributed by atoms with Crippen molar-refractivity contribution in [3.63, 3.8) is 0 Å². The molecule has 0 spiro atoms. The molecule has 0 aromatic carbocycles. The van der Waals surface area contributed by atoms with Crippen molar-refractivity contribution in [1.82, 2.24) is 0 Å². The minimum atomic E-state index is -0.0900. The van der Waals surface area contributed by atoms with E-state index >= 15 is 0 Å². The van der Waals surface area contributed by atoms with Gasteiger partial charge in [0.2, 0.25) is 0 Å². The molecule has 0 bridgehead atoms. The molecular formula is C13H27NO2. The quantitative estimate of drug-likeness (QED) is 0.463. The molecule has 16 heavy (non-hydrogen) atoms. The average molecular weight is 229 g/mol. The maximum atomic E-state index is 11.4. The summed E-state index contributed by atoms with van der Waals surface area (Å²) in [4.78, 5) is 11.4. The fourth-order valence-corrected chi connectivity index (χ4v) is 1.58. The van der Waals surface area contributed by atoms with Gasteiger partial charge in [0, 0.05) is 6.42 Å². The lowest BCUT2D eigenvalue weighted by molar-refractivity contribution is -0.144. The van der Waals surface area contributed by atoms with Gasteiger partial charge in [-0.05, 0) is 18.9 Å². The molecule has 1 unspecified atom stereocenters. The van der Waals surface area contributed by atoms with E-state index in [0.717, 1.165) is 19.3 Å². The van der Waals surface area contributed by atoms with Gasteiger partial charge in [0.15, 0.2) is 0 Å². The van der Waals surface area contributed by atoms with Crippen LogP contribution < -0.4 is 5.73 Å². The van der Waals surface area contributed by atoms with Crippen LogP contribution in [0.2, 0.25) is 0 Å². The Hall–Kier alpha value is -0.570. The maximum Gasteiger partial charge on any atom is 0.306 e. The zero-order valence-electron chi connectivity index (χ0n) is 10.8. The Morgan fingerprint density at radius 1 is 1.19 bits per heavy atom. The first-order chi connectivity index (χ1) is 7.74. The van der Waals surface area contributed by atoms with Gasteiger partial charge in [0.25, 0.3) is 0 Å². The van der Waals surface area contributed by atoms with Crippen molar-refractivity contribution in [2.75, 3.05) is 13.2 Å². The first-order valence-corrected chi connectivity index (χ1v) is 6.60. The predicted octanol–water partition coefficient (Wildman–Crippen LogP) is 2.88. The molecule has 0 amide bonds. The first kappa shape index (κ1) is 15.4. The third kappa shape index (κ3) is 8.72. The Bertz CT molecular complexity index is 167. The number of carbonyl (C=O) groups excluding carboxylic acids is 1. The van der Waals surface area contributed by atoms with E-state index in [2.05, 4.69) is 13.8 Å². The van der Waals surface area contributed by atoms with Crippen LogP contribution in [0.25, 0.3) is 0 Å². The lowest BCUT2D eigenvalue weighted by Crippen LogP contribution is -2.19. The van der Waals surface area contributed by atoms with Crippen LogP contribution in [-0.4, -0.2) is 19.1 Å². The van der Waals surface area contributed by atoms with Gasteiger partial charge in [-0.25, -0.2) is 0 Å². The summed E-state index contributed by atoms with van der Waals surface area (Å²) in [5, 5.41) is 0. The van der Waals surface area contributed by atoms with Gasteiger partial charge in [-0.3, -0.25) is 4.79 Å². The van der Waals surface area contributed by atoms with Crippen LogP contribution in [0.1, 0.15) is 58.8 Å². The molecule has 0 heterocycles. The van der Waals surface area contributed by atoms with Crippen LogP contribution in [0.15, 0.2) is 0 Å². The van der Waals surface area contributed by atoms with Crippen LogP contribution in [0.3, 0.4) is 0 Å². The average Bonchev–Trinajstić information content (AvgIpc) is 2.30. The lowest BCUT2D eigenvalue weighted by atomic mass is 10.0. The van der Waals surface area contributed by atoms with E-state index in [1.54, 1.807) is 0 Å². The summed E-state index contributed by atoms with van der Waals surface area (Å²) in [5.74, 6) is 0.195. The van der Waals surface area contributed by atoms with E-state index in [4.69, 9.17) is 10.5 Å². The highest BCUT2D eigenvalue weighted by molar-refractivity contribution is 5.69. The summed E-state index contributed by atoms with van der Waals surface area (Å²) in [6, 6.07) is 0. The number of rotatable bonds is 10. The van der Waals surface area contributed by atoms with Crippen molar-refractivity contribution >= 4 is 5.97 Å². The van der Waals surface area contributed by atoms with Crippen LogP contribution in [-0.2, 0) is 9.53 Å². The molecule has 0 saturated heterocycles. The smallest absolute Gasteiger partial charge is 0.306 e. The fraction of sp³-hybridized carbons (Fsp3) is 0.923. The largest absolute Gasteiger partial charge is 0.466 e. The molecule has 0 rings (SSSR count). The number of carbonyl (C=O) groups is 1. The molecule has 3 heteroatoms. The highest BCUT2D eigenvalue weighted by atomic mass is 16.5. The summed E-state index contributed by atoms with van der Waals surface area (Å²) < 4.78 is 5.16. The first-order valence-electron chi connectivity index (χ1n) is 6.60. The maximum absolute atomic E-state index is 11.4. The summed E-state index contributed by atoms with van der Waals surface area (Å²) in [6.45, 7) is 5.39. The second-order valence-electron chi connectivity index (χ2n) is 4.35. The van der Waals surface area contributed by atoms with E-state index < -0.39 is 0 Å². The molecule has 96 valence electrons. The van der Waals surface area contributed by atoms with Crippen molar-refractivity contribution in [2.24, 2.45) is 11.7 Å². The number of hydrogen-bond acceptors (Lipinski definition) is 3. The Balaban J connectivity index is 3.36. The Labute approximate surface area is 99.7 Å². The molecule has 0 saturated carbocycles. The van der Waals surface area contributed by atoms with E-state index in [9.17, 15) is 4.79 Å². The zero-order valence-corrected chi connectivity index (χ0v) is 10.8. The number of hydrogen-bond donors (Lipinski definition) is 1. The number of nitrogens with two attached hydrogens (primary N) is 1. The standard InChI is InChI=1S/C13H27NO2/c1-3-5-6-7-8-9-16-13(15)10-12(4-2)11-14/h12H,3-11,14H2,1-2H3. The Morgan fingerprint density at radius 3 is 2.44 bits per heavy atom. The van der Waals surface area contributed by atoms with Crippen LogP contribution in [0.5, 0.6) is 0 Å². The van der Waals surface area contributed by atoms with Crippen molar-refractivity contribution in [2.45, 2.75) is 58.8 Å².